The lowest BCUT2D eigenvalue weighted by Crippen LogP contribution is -2.30. The number of hydrogen-bond donors (Lipinski definition) is 2. The Balaban J connectivity index is 1.99. The van der Waals surface area contributed by atoms with Crippen molar-refractivity contribution in [1.29, 1.82) is 0 Å². The molecule has 2 rings (SSSR count). The molecule has 0 amide bonds. The molecule has 0 saturated heterocycles. The van der Waals surface area contributed by atoms with Crippen molar-refractivity contribution in [3.63, 3.8) is 0 Å². The van der Waals surface area contributed by atoms with Crippen molar-refractivity contribution >= 4 is 10.0 Å². The van der Waals surface area contributed by atoms with E-state index >= 15 is 0 Å². The van der Waals surface area contributed by atoms with Crippen LogP contribution >= 0.6 is 0 Å². The molecule has 2 aromatic rings. The Morgan fingerprint density at radius 3 is 2.50 bits per heavy atom. The average Bonchev–Trinajstić information content (AvgIpc) is 2.45. The average molecular weight is 327 g/mol. The molecule has 0 aromatic heterocycles. The predicted octanol–water partition coefficient (Wildman–Crippen LogP) is 2.12. The summed E-state index contributed by atoms with van der Waals surface area (Å²) in [6.45, 7) is -0.363. The third-order valence-corrected chi connectivity index (χ3v) is 4.33. The fraction of sp³-hybridized carbons (Fsp3) is 0.200. The molecule has 0 fully saturated rings. The Morgan fingerprint density at radius 2 is 1.82 bits per heavy atom. The van der Waals surface area contributed by atoms with Crippen LogP contribution in [0.3, 0.4) is 0 Å². The van der Waals surface area contributed by atoms with E-state index in [4.69, 9.17) is 0 Å². The molecule has 118 valence electrons. The minimum absolute atomic E-state index is 0.0101. The standard InChI is InChI=1S/C15H15F2NO3S/c16-12-5-3-4-11(8-12)10-22(20,21)18-9-15(19)13-6-1-2-7-14(13)17/h1-8,15,18-19H,9-10H2. The first-order valence-electron chi connectivity index (χ1n) is 6.52. The van der Waals surface area contributed by atoms with Crippen LogP contribution in [-0.4, -0.2) is 20.1 Å². The molecule has 1 unspecified atom stereocenters. The maximum absolute atomic E-state index is 13.5. The highest BCUT2D eigenvalue weighted by Gasteiger charge is 2.17. The fourth-order valence-corrected chi connectivity index (χ4v) is 3.09. The van der Waals surface area contributed by atoms with E-state index < -0.39 is 33.5 Å². The van der Waals surface area contributed by atoms with Gasteiger partial charge in [-0.05, 0) is 23.8 Å². The maximum atomic E-state index is 13.5. The number of hydrogen-bond acceptors (Lipinski definition) is 3. The normalized spacial score (nSPS) is 13.0. The molecular weight excluding hydrogens is 312 g/mol. The summed E-state index contributed by atoms with van der Waals surface area (Å²) in [6.07, 6.45) is -1.30. The van der Waals surface area contributed by atoms with Gasteiger partial charge in [0.05, 0.1) is 11.9 Å². The minimum atomic E-state index is -3.77. The van der Waals surface area contributed by atoms with Gasteiger partial charge in [-0.2, -0.15) is 0 Å². The summed E-state index contributed by atoms with van der Waals surface area (Å²) in [5, 5.41) is 9.85. The Morgan fingerprint density at radius 1 is 1.09 bits per heavy atom. The monoisotopic (exact) mass is 327 g/mol. The SMILES string of the molecule is O=S(=O)(Cc1cccc(F)c1)NCC(O)c1ccccc1F. The van der Waals surface area contributed by atoms with Crippen LogP contribution in [-0.2, 0) is 15.8 Å². The van der Waals surface area contributed by atoms with E-state index in [9.17, 15) is 22.3 Å². The lowest BCUT2D eigenvalue weighted by Gasteiger charge is -2.13. The van der Waals surface area contributed by atoms with Gasteiger partial charge in [-0.15, -0.1) is 0 Å². The summed E-state index contributed by atoms with van der Waals surface area (Å²) in [5.41, 5.74) is 0.295. The summed E-state index contributed by atoms with van der Waals surface area (Å²) in [6, 6.07) is 10.8. The van der Waals surface area contributed by atoms with Crippen molar-refractivity contribution in [1.82, 2.24) is 4.72 Å². The molecule has 0 aliphatic carbocycles. The van der Waals surface area contributed by atoms with Gasteiger partial charge in [-0.25, -0.2) is 21.9 Å². The summed E-state index contributed by atoms with van der Waals surface area (Å²) >= 11 is 0. The quantitative estimate of drug-likeness (QED) is 0.854. The van der Waals surface area contributed by atoms with Gasteiger partial charge in [-0.1, -0.05) is 30.3 Å². The van der Waals surface area contributed by atoms with Crippen molar-refractivity contribution in [2.24, 2.45) is 0 Å². The molecule has 0 spiro atoms. The Labute approximate surface area is 127 Å². The molecule has 0 radical (unpaired) electrons. The summed E-state index contributed by atoms with van der Waals surface area (Å²) in [5.74, 6) is -1.56. The van der Waals surface area contributed by atoms with E-state index in [0.29, 0.717) is 0 Å². The molecule has 0 aliphatic heterocycles. The molecule has 4 nitrogen and oxygen atoms in total. The molecule has 2 N–H and O–H groups in total. The molecule has 0 saturated carbocycles. The molecule has 7 heteroatoms. The van der Waals surface area contributed by atoms with E-state index in [1.165, 1.54) is 36.4 Å². The minimum Gasteiger partial charge on any atom is -0.387 e. The maximum Gasteiger partial charge on any atom is 0.215 e. The van der Waals surface area contributed by atoms with Crippen LogP contribution in [0.2, 0.25) is 0 Å². The largest absolute Gasteiger partial charge is 0.387 e. The van der Waals surface area contributed by atoms with Gasteiger partial charge >= 0.3 is 0 Å². The fourth-order valence-electron chi connectivity index (χ4n) is 1.96. The Kier molecular flexibility index (Phi) is 5.23. The Bertz CT molecular complexity index is 750. The van der Waals surface area contributed by atoms with Crippen molar-refractivity contribution in [3.8, 4) is 0 Å². The third kappa shape index (κ3) is 4.59. The zero-order valence-corrected chi connectivity index (χ0v) is 12.4. The van der Waals surface area contributed by atoms with Crippen LogP contribution in [0.15, 0.2) is 48.5 Å². The number of halogens is 2. The van der Waals surface area contributed by atoms with Gasteiger partial charge in [0.2, 0.25) is 10.0 Å². The van der Waals surface area contributed by atoms with E-state index in [0.717, 1.165) is 6.07 Å². The van der Waals surface area contributed by atoms with Crippen LogP contribution in [0.4, 0.5) is 8.78 Å². The topological polar surface area (TPSA) is 66.4 Å². The van der Waals surface area contributed by atoms with Gasteiger partial charge < -0.3 is 5.11 Å². The first kappa shape index (κ1) is 16.5. The highest BCUT2D eigenvalue weighted by Crippen LogP contribution is 2.16. The molecule has 0 heterocycles. The molecule has 1 atom stereocenters. The third-order valence-electron chi connectivity index (χ3n) is 3.01. The van der Waals surface area contributed by atoms with Crippen LogP contribution in [0, 0.1) is 11.6 Å². The molecule has 0 aliphatic rings. The Hall–Kier alpha value is -1.83. The first-order valence-corrected chi connectivity index (χ1v) is 8.17. The molecule has 0 bridgehead atoms. The van der Waals surface area contributed by atoms with Gasteiger partial charge in [-0.3, -0.25) is 0 Å². The summed E-state index contributed by atoms with van der Waals surface area (Å²) < 4.78 is 52.5. The second-order valence-corrected chi connectivity index (χ2v) is 6.58. The number of sulfonamides is 1. The van der Waals surface area contributed by atoms with E-state index in [1.807, 2.05) is 0 Å². The van der Waals surface area contributed by atoms with Gasteiger partial charge in [0.1, 0.15) is 11.6 Å². The number of aliphatic hydroxyl groups excluding tert-OH is 1. The zero-order valence-electron chi connectivity index (χ0n) is 11.5. The predicted molar refractivity (Wildman–Crippen MR) is 78.4 cm³/mol. The molecule has 22 heavy (non-hydrogen) atoms. The zero-order chi connectivity index (χ0) is 16.2. The van der Waals surface area contributed by atoms with Crippen molar-refractivity contribution in [2.75, 3.05) is 6.54 Å². The van der Waals surface area contributed by atoms with Crippen LogP contribution < -0.4 is 4.72 Å². The lowest BCUT2D eigenvalue weighted by molar-refractivity contribution is 0.177. The van der Waals surface area contributed by atoms with Crippen LogP contribution in [0.25, 0.3) is 0 Å². The summed E-state index contributed by atoms with van der Waals surface area (Å²) in [4.78, 5) is 0. The molecule has 2 aromatic carbocycles. The number of nitrogens with one attached hydrogen (secondary N) is 1. The van der Waals surface area contributed by atoms with Gasteiger partial charge in [0.15, 0.2) is 0 Å². The van der Waals surface area contributed by atoms with E-state index in [2.05, 4.69) is 4.72 Å². The van der Waals surface area contributed by atoms with E-state index in [1.54, 1.807) is 6.07 Å². The van der Waals surface area contributed by atoms with E-state index in [-0.39, 0.29) is 17.7 Å². The number of aliphatic hydroxyl groups is 1. The molecular formula is C15H15F2NO3S. The smallest absolute Gasteiger partial charge is 0.215 e. The van der Waals surface area contributed by atoms with Gasteiger partial charge in [0, 0.05) is 12.1 Å². The van der Waals surface area contributed by atoms with Crippen LogP contribution in [0.5, 0.6) is 0 Å². The highest BCUT2D eigenvalue weighted by molar-refractivity contribution is 7.88. The lowest BCUT2D eigenvalue weighted by atomic mass is 10.1. The first-order chi connectivity index (χ1) is 10.4. The van der Waals surface area contributed by atoms with Crippen molar-refractivity contribution < 1.29 is 22.3 Å². The summed E-state index contributed by atoms with van der Waals surface area (Å²) in [7, 11) is -3.77. The number of rotatable bonds is 6. The van der Waals surface area contributed by atoms with Gasteiger partial charge in [0.25, 0.3) is 0 Å². The highest BCUT2D eigenvalue weighted by atomic mass is 32.2. The van der Waals surface area contributed by atoms with Crippen LogP contribution in [0.1, 0.15) is 17.2 Å². The number of benzene rings is 2. The second-order valence-electron chi connectivity index (χ2n) is 4.77. The van der Waals surface area contributed by atoms with Crippen molar-refractivity contribution in [2.45, 2.75) is 11.9 Å². The second kappa shape index (κ2) is 6.95. The van der Waals surface area contributed by atoms with Crippen molar-refractivity contribution in [3.05, 3.63) is 71.3 Å².